The summed E-state index contributed by atoms with van der Waals surface area (Å²) in [6.07, 6.45) is 1.31. The number of hydrogen-bond acceptors (Lipinski definition) is 2. The largest absolute Gasteiger partial charge is 0.323 e. The maximum absolute atomic E-state index is 11.0. The first-order valence-electron chi connectivity index (χ1n) is 3.97. The van der Waals surface area contributed by atoms with Gasteiger partial charge in [-0.15, -0.1) is 0 Å². The van der Waals surface area contributed by atoms with E-state index in [4.69, 9.17) is 0 Å². The number of aromatic amines is 1. The Morgan fingerprint density at radius 3 is 2.42 bits per heavy atom. The molecule has 1 heterocycles. The number of H-pyrrole nitrogens is 1. The van der Waals surface area contributed by atoms with Gasteiger partial charge in [0, 0.05) is 11.1 Å². The van der Waals surface area contributed by atoms with Gasteiger partial charge in [-0.1, -0.05) is 20.8 Å². The zero-order valence-electron chi connectivity index (χ0n) is 7.93. The summed E-state index contributed by atoms with van der Waals surface area (Å²) in [6.45, 7) is 8.05. The molecular formula is C9H14N2O. The molecule has 3 heteroatoms. The molecule has 0 aliphatic rings. The maximum atomic E-state index is 11.0. The van der Waals surface area contributed by atoms with Crippen molar-refractivity contribution in [1.82, 2.24) is 9.97 Å². The molecule has 66 valence electrons. The van der Waals surface area contributed by atoms with Crippen LogP contribution in [0.1, 0.15) is 32.2 Å². The summed E-state index contributed by atoms with van der Waals surface area (Å²) >= 11 is 0. The first-order chi connectivity index (χ1) is 5.41. The van der Waals surface area contributed by atoms with Crippen LogP contribution in [-0.2, 0) is 5.41 Å². The van der Waals surface area contributed by atoms with E-state index >= 15 is 0 Å². The molecule has 3 nitrogen and oxygen atoms in total. The second-order valence-corrected chi connectivity index (χ2v) is 3.96. The molecule has 0 radical (unpaired) electrons. The Bertz CT molecular complexity index is 333. The Kier molecular flexibility index (Phi) is 2.04. The monoisotopic (exact) mass is 166 g/mol. The number of nitrogens with one attached hydrogen (secondary N) is 1. The highest BCUT2D eigenvalue weighted by molar-refractivity contribution is 5.17. The second kappa shape index (κ2) is 2.73. The van der Waals surface area contributed by atoms with Crippen molar-refractivity contribution in [3.63, 3.8) is 0 Å². The van der Waals surface area contributed by atoms with Crippen molar-refractivity contribution in [1.29, 1.82) is 0 Å². The summed E-state index contributed by atoms with van der Waals surface area (Å²) in [5.74, 6) is 0. The van der Waals surface area contributed by atoms with Crippen molar-refractivity contribution in [2.45, 2.75) is 33.1 Å². The van der Waals surface area contributed by atoms with Crippen molar-refractivity contribution in [3.8, 4) is 0 Å². The van der Waals surface area contributed by atoms with Gasteiger partial charge in [-0.2, -0.15) is 0 Å². The SMILES string of the molecule is Cc1ncc(=O)[nH]c1C(C)(C)C. The number of aromatic nitrogens is 2. The van der Waals surface area contributed by atoms with Crippen LogP contribution in [0.15, 0.2) is 11.0 Å². The molecule has 0 bridgehead atoms. The Balaban J connectivity index is 3.33. The highest BCUT2D eigenvalue weighted by atomic mass is 16.1. The molecule has 1 aromatic heterocycles. The third kappa shape index (κ3) is 1.72. The molecule has 1 rings (SSSR count). The molecule has 0 aliphatic carbocycles. The fraction of sp³-hybridized carbons (Fsp3) is 0.556. The van der Waals surface area contributed by atoms with Crippen LogP contribution >= 0.6 is 0 Å². The highest BCUT2D eigenvalue weighted by Gasteiger charge is 2.17. The summed E-state index contributed by atoms with van der Waals surface area (Å²) in [4.78, 5) is 17.8. The quantitative estimate of drug-likeness (QED) is 0.632. The van der Waals surface area contributed by atoms with Crippen LogP contribution in [0.25, 0.3) is 0 Å². The number of nitrogens with zero attached hydrogens (tertiary/aromatic N) is 1. The molecule has 0 aliphatic heterocycles. The predicted octanol–water partition coefficient (Wildman–Crippen LogP) is 1.38. The van der Waals surface area contributed by atoms with Crippen LogP contribution in [0.4, 0.5) is 0 Å². The molecule has 0 atom stereocenters. The molecular weight excluding hydrogens is 152 g/mol. The van der Waals surface area contributed by atoms with Crippen molar-refractivity contribution < 1.29 is 0 Å². The topological polar surface area (TPSA) is 45.8 Å². The molecule has 0 saturated heterocycles. The Morgan fingerprint density at radius 1 is 1.42 bits per heavy atom. The number of rotatable bonds is 0. The van der Waals surface area contributed by atoms with Gasteiger partial charge >= 0.3 is 0 Å². The van der Waals surface area contributed by atoms with Gasteiger partial charge in [0.2, 0.25) is 0 Å². The molecule has 12 heavy (non-hydrogen) atoms. The lowest BCUT2D eigenvalue weighted by Crippen LogP contribution is -2.21. The van der Waals surface area contributed by atoms with E-state index in [0.717, 1.165) is 11.4 Å². The minimum absolute atomic E-state index is 0.0441. The van der Waals surface area contributed by atoms with E-state index < -0.39 is 0 Å². The fourth-order valence-electron chi connectivity index (χ4n) is 1.20. The Labute approximate surface area is 71.9 Å². The molecule has 0 aromatic carbocycles. The van der Waals surface area contributed by atoms with E-state index in [1.165, 1.54) is 6.20 Å². The lowest BCUT2D eigenvalue weighted by atomic mass is 9.90. The first-order valence-corrected chi connectivity index (χ1v) is 3.97. The summed E-state index contributed by atoms with van der Waals surface area (Å²) in [7, 11) is 0. The van der Waals surface area contributed by atoms with Crippen molar-refractivity contribution in [2.24, 2.45) is 0 Å². The van der Waals surface area contributed by atoms with E-state index in [1.807, 2.05) is 27.7 Å². The van der Waals surface area contributed by atoms with Gasteiger partial charge in [0.15, 0.2) is 0 Å². The van der Waals surface area contributed by atoms with Crippen LogP contribution in [0.5, 0.6) is 0 Å². The lowest BCUT2D eigenvalue weighted by Gasteiger charge is -2.19. The van der Waals surface area contributed by atoms with Gasteiger partial charge in [-0.3, -0.25) is 9.78 Å². The van der Waals surface area contributed by atoms with E-state index in [1.54, 1.807) is 0 Å². The summed E-state index contributed by atoms with van der Waals surface area (Å²) in [6, 6.07) is 0. The average Bonchev–Trinajstić information content (AvgIpc) is 1.92. The van der Waals surface area contributed by atoms with Gasteiger partial charge in [0.25, 0.3) is 5.56 Å². The highest BCUT2D eigenvalue weighted by Crippen LogP contribution is 2.20. The summed E-state index contributed by atoms with van der Waals surface area (Å²) in [5.41, 5.74) is 1.62. The maximum Gasteiger partial charge on any atom is 0.266 e. The minimum atomic E-state index is -0.134. The van der Waals surface area contributed by atoms with E-state index in [9.17, 15) is 4.79 Å². The molecule has 0 spiro atoms. The first kappa shape index (κ1) is 8.97. The summed E-state index contributed by atoms with van der Waals surface area (Å²) in [5, 5.41) is 0. The molecule has 1 N–H and O–H groups in total. The zero-order valence-corrected chi connectivity index (χ0v) is 7.93. The molecule has 0 amide bonds. The van der Waals surface area contributed by atoms with Crippen molar-refractivity contribution >= 4 is 0 Å². The van der Waals surface area contributed by atoms with Crippen LogP contribution < -0.4 is 5.56 Å². The number of aryl methyl sites for hydroxylation is 1. The van der Waals surface area contributed by atoms with Crippen molar-refractivity contribution in [3.05, 3.63) is 27.9 Å². The normalized spacial score (nSPS) is 11.7. The van der Waals surface area contributed by atoms with E-state index in [-0.39, 0.29) is 11.0 Å². The molecule has 0 unspecified atom stereocenters. The zero-order chi connectivity index (χ0) is 9.35. The van der Waals surface area contributed by atoms with Gasteiger partial charge in [0.1, 0.15) is 0 Å². The van der Waals surface area contributed by atoms with Gasteiger partial charge in [-0.05, 0) is 6.92 Å². The lowest BCUT2D eigenvalue weighted by molar-refractivity contribution is 0.557. The number of hydrogen-bond donors (Lipinski definition) is 1. The fourth-order valence-corrected chi connectivity index (χ4v) is 1.20. The van der Waals surface area contributed by atoms with Gasteiger partial charge < -0.3 is 4.98 Å². The Hall–Kier alpha value is -1.12. The van der Waals surface area contributed by atoms with E-state index in [2.05, 4.69) is 9.97 Å². The van der Waals surface area contributed by atoms with Crippen LogP contribution in [0, 0.1) is 6.92 Å². The van der Waals surface area contributed by atoms with Crippen molar-refractivity contribution in [2.75, 3.05) is 0 Å². The smallest absolute Gasteiger partial charge is 0.266 e. The van der Waals surface area contributed by atoms with Crippen LogP contribution in [-0.4, -0.2) is 9.97 Å². The van der Waals surface area contributed by atoms with E-state index in [0.29, 0.717) is 0 Å². The average molecular weight is 166 g/mol. The third-order valence-electron chi connectivity index (χ3n) is 1.74. The standard InChI is InChI=1S/C9H14N2O/c1-6-8(9(2,3)4)11-7(12)5-10-6/h5H,1-4H3,(H,11,12). The van der Waals surface area contributed by atoms with Crippen LogP contribution in [0.3, 0.4) is 0 Å². The second-order valence-electron chi connectivity index (χ2n) is 3.96. The predicted molar refractivity (Wildman–Crippen MR) is 48.3 cm³/mol. The molecule has 0 fully saturated rings. The van der Waals surface area contributed by atoms with Gasteiger partial charge in [0.05, 0.1) is 11.9 Å². The van der Waals surface area contributed by atoms with Gasteiger partial charge in [-0.25, -0.2) is 0 Å². The Morgan fingerprint density at radius 2 is 2.00 bits per heavy atom. The third-order valence-corrected chi connectivity index (χ3v) is 1.74. The molecule has 1 aromatic rings. The minimum Gasteiger partial charge on any atom is -0.323 e. The summed E-state index contributed by atoms with van der Waals surface area (Å²) < 4.78 is 0. The van der Waals surface area contributed by atoms with Crippen LogP contribution in [0.2, 0.25) is 0 Å². The molecule has 0 saturated carbocycles.